The zero-order valence-electron chi connectivity index (χ0n) is 18.8. The Morgan fingerprint density at radius 3 is 2.25 bits per heavy atom. The van der Waals surface area contributed by atoms with E-state index in [4.69, 9.17) is 15.7 Å². The smallest absolute Gasteiger partial charge is 0.269 e. The van der Waals surface area contributed by atoms with Gasteiger partial charge in [-0.3, -0.25) is 9.36 Å². The molecule has 5 rings (SSSR count). The third-order valence-electron chi connectivity index (χ3n) is 6.96. The third-order valence-corrected chi connectivity index (χ3v) is 6.96. The second-order valence-corrected chi connectivity index (χ2v) is 9.37. The third kappa shape index (κ3) is 4.08. The van der Waals surface area contributed by atoms with Crippen LogP contribution in [0.4, 0.5) is 5.95 Å². The van der Waals surface area contributed by atoms with Gasteiger partial charge in [-0.25, -0.2) is 15.0 Å². The molecule has 2 aromatic heterocycles. The number of aromatic nitrogens is 4. The molecule has 0 radical (unpaired) electrons. The van der Waals surface area contributed by atoms with Crippen molar-refractivity contribution >= 4 is 23.0 Å². The van der Waals surface area contributed by atoms with Crippen LogP contribution in [0.3, 0.4) is 0 Å². The normalized spacial score (nSPS) is 18.2. The molecule has 2 fully saturated rings. The van der Waals surface area contributed by atoms with Crippen molar-refractivity contribution in [3.63, 3.8) is 0 Å². The molecule has 3 N–H and O–H groups in total. The summed E-state index contributed by atoms with van der Waals surface area (Å²) in [6.45, 7) is 2.05. The van der Waals surface area contributed by atoms with Gasteiger partial charge < -0.3 is 11.1 Å². The zero-order chi connectivity index (χ0) is 22.1. The molecule has 1 amide bonds. The van der Waals surface area contributed by atoms with Crippen molar-refractivity contribution in [3.05, 3.63) is 35.5 Å². The molecule has 2 aliphatic carbocycles. The SMILES string of the molecule is Cc1ccc(-c2nc(C(N)=O)c3nc(NC4CCCCC4)n(C4CCCCC4)c3n2)cc1. The van der Waals surface area contributed by atoms with Crippen molar-refractivity contribution in [2.45, 2.75) is 83.2 Å². The van der Waals surface area contributed by atoms with E-state index in [9.17, 15) is 4.79 Å². The van der Waals surface area contributed by atoms with Crippen LogP contribution in [-0.4, -0.2) is 31.5 Å². The molecule has 0 aliphatic heterocycles. The van der Waals surface area contributed by atoms with Gasteiger partial charge in [0.15, 0.2) is 17.2 Å². The highest BCUT2D eigenvalue weighted by atomic mass is 16.1. The van der Waals surface area contributed by atoms with Gasteiger partial charge in [0.25, 0.3) is 5.91 Å². The molecule has 0 bridgehead atoms. The van der Waals surface area contributed by atoms with Gasteiger partial charge in [0.1, 0.15) is 5.52 Å². The first-order valence-corrected chi connectivity index (χ1v) is 12.0. The van der Waals surface area contributed by atoms with Crippen LogP contribution < -0.4 is 11.1 Å². The van der Waals surface area contributed by atoms with Crippen molar-refractivity contribution in [2.75, 3.05) is 5.32 Å². The minimum absolute atomic E-state index is 0.201. The maximum absolute atomic E-state index is 12.4. The minimum atomic E-state index is -0.566. The number of fused-ring (bicyclic) bond motifs is 1. The number of nitrogens with two attached hydrogens (primary N) is 1. The fraction of sp³-hybridized carbons (Fsp3) is 0.520. The highest BCUT2D eigenvalue weighted by molar-refractivity contribution is 6.02. The number of carbonyl (C=O) groups excluding carboxylic acids is 1. The van der Waals surface area contributed by atoms with Gasteiger partial charge in [-0.1, -0.05) is 68.4 Å². The molecule has 32 heavy (non-hydrogen) atoms. The monoisotopic (exact) mass is 432 g/mol. The minimum Gasteiger partial charge on any atom is -0.364 e. The van der Waals surface area contributed by atoms with Gasteiger partial charge in [0, 0.05) is 17.6 Å². The number of nitrogens with zero attached hydrogens (tertiary/aromatic N) is 4. The first-order valence-electron chi connectivity index (χ1n) is 12.0. The average Bonchev–Trinajstić information content (AvgIpc) is 3.17. The number of anilines is 1. The Bertz CT molecular complexity index is 1110. The molecule has 0 atom stereocenters. The van der Waals surface area contributed by atoms with Crippen molar-refractivity contribution in [1.29, 1.82) is 0 Å². The van der Waals surface area contributed by atoms with Crippen LogP contribution in [0.5, 0.6) is 0 Å². The van der Waals surface area contributed by atoms with Crippen molar-refractivity contribution in [3.8, 4) is 11.4 Å². The maximum atomic E-state index is 12.4. The van der Waals surface area contributed by atoms with E-state index in [1.54, 1.807) is 0 Å². The van der Waals surface area contributed by atoms with Gasteiger partial charge in [-0.2, -0.15) is 0 Å². The quantitative estimate of drug-likeness (QED) is 0.581. The number of aryl methyl sites for hydroxylation is 1. The van der Waals surface area contributed by atoms with E-state index >= 15 is 0 Å². The zero-order valence-corrected chi connectivity index (χ0v) is 18.8. The summed E-state index contributed by atoms with van der Waals surface area (Å²) in [6.07, 6.45) is 11.9. The van der Waals surface area contributed by atoms with Crippen LogP contribution in [0, 0.1) is 6.92 Å². The second kappa shape index (κ2) is 8.88. The topological polar surface area (TPSA) is 98.7 Å². The Morgan fingerprint density at radius 1 is 0.938 bits per heavy atom. The summed E-state index contributed by atoms with van der Waals surface area (Å²) >= 11 is 0. The Hall–Kier alpha value is -2.96. The van der Waals surface area contributed by atoms with Gasteiger partial charge in [0.05, 0.1) is 0 Å². The lowest BCUT2D eigenvalue weighted by molar-refractivity contribution is 0.0997. The Kier molecular flexibility index (Phi) is 5.81. The molecular weight excluding hydrogens is 400 g/mol. The molecule has 168 valence electrons. The Labute approximate surface area is 188 Å². The van der Waals surface area contributed by atoms with Gasteiger partial charge in [-0.05, 0) is 32.6 Å². The molecule has 1 aromatic carbocycles. The van der Waals surface area contributed by atoms with Crippen LogP contribution in [0.15, 0.2) is 24.3 Å². The fourth-order valence-electron chi connectivity index (χ4n) is 5.19. The Morgan fingerprint density at radius 2 is 1.59 bits per heavy atom. The highest BCUT2D eigenvalue weighted by Crippen LogP contribution is 2.36. The second-order valence-electron chi connectivity index (χ2n) is 9.37. The number of nitrogens with one attached hydrogen (secondary N) is 1. The lowest BCUT2D eigenvalue weighted by Crippen LogP contribution is -2.25. The number of benzene rings is 1. The van der Waals surface area contributed by atoms with Crippen LogP contribution in [0.25, 0.3) is 22.6 Å². The van der Waals surface area contributed by atoms with E-state index in [0.29, 0.717) is 23.4 Å². The summed E-state index contributed by atoms with van der Waals surface area (Å²) in [6, 6.07) is 8.77. The van der Waals surface area contributed by atoms with E-state index in [0.717, 1.165) is 48.4 Å². The lowest BCUT2D eigenvalue weighted by atomic mass is 9.95. The van der Waals surface area contributed by atoms with Gasteiger partial charge >= 0.3 is 0 Å². The van der Waals surface area contributed by atoms with E-state index in [2.05, 4.69) is 14.9 Å². The van der Waals surface area contributed by atoms with Crippen LogP contribution >= 0.6 is 0 Å². The van der Waals surface area contributed by atoms with Crippen molar-refractivity contribution < 1.29 is 4.79 Å². The Balaban J connectivity index is 1.67. The molecule has 7 nitrogen and oxygen atoms in total. The number of primary amides is 1. The first kappa shape index (κ1) is 20.9. The van der Waals surface area contributed by atoms with E-state index in [-0.39, 0.29) is 5.69 Å². The molecule has 2 heterocycles. The number of hydrogen-bond donors (Lipinski definition) is 2. The van der Waals surface area contributed by atoms with Gasteiger partial charge in [0.2, 0.25) is 5.95 Å². The number of carbonyl (C=O) groups is 1. The number of hydrogen-bond acceptors (Lipinski definition) is 5. The average molecular weight is 433 g/mol. The predicted octanol–water partition coefficient (Wildman–Crippen LogP) is 5.15. The van der Waals surface area contributed by atoms with E-state index in [1.165, 1.54) is 38.5 Å². The van der Waals surface area contributed by atoms with Crippen molar-refractivity contribution in [2.24, 2.45) is 5.73 Å². The molecule has 0 unspecified atom stereocenters. The fourth-order valence-corrected chi connectivity index (χ4v) is 5.19. The molecular formula is C25H32N6O. The maximum Gasteiger partial charge on any atom is 0.269 e. The summed E-state index contributed by atoms with van der Waals surface area (Å²) in [5.74, 6) is 0.771. The molecule has 0 spiro atoms. The van der Waals surface area contributed by atoms with Crippen LogP contribution in [0.2, 0.25) is 0 Å². The molecule has 7 heteroatoms. The lowest BCUT2D eigenvalue weighted by Gasteiger charge is -2.28. The van der Waals surface area contributed by atoms with Gasteiger partial charge in [-0.15, -0.1) is 0 Å². The molecule has 2 aliphatic rings. The van der Waals surface area contributed by atoms with Crippen LogP contribution in [-0.2, 0) is 0 Å². The number of rotatable bonds is 5. The first-order chi connectivity index (χ1) is 15.6. The number of amides is 1. The van der Waals surface area contributed by atoms with E-state index in [1.807, 2.05) is 31.2 Å². The highest BCUT2D eigenvalue weighted by Gasteiger charge is 2.27. The predicted molar refractivity (Wildman–Crippen MR) is 127 cm³/mol. The number of imidazole rings is 1. The van der Waals surface area contributed by atoms with Crippen LogP contribution in [0.1, 0.15) is 86.3 Å². The largest absolute Gasteiger partial charge is 0.364 e. The molecule has 0 saturated heterocycles. The summed E-state index contributed by atoms with van der Waals surface area (Å²) in [5.41, 5.74) is 9.24. The molecule has 2 saturated carbocycles. The summed E-state index contributed by atoms with van der Waals surface area (Å²) in [4.78, 5) is 26.8. The summed E-state index contributed by atoms with van der Waals surface area (Å²) in [7, 11) is 0. The summed E-state index contributed by atoms with van der Waals surface area (Å²) in [5, 5.41) is 3.70. The molecule has 3 aromatic rings. The van der Waals surface area contributed by atoms with Crippen molar-refractivity contribution in [1.82, 2.24) is 19.5 Å². The standard InChI is InChI=1S/C25H32N6O/c1-16-12-14-17(15-13-16)23-28-20(22(26)32)21-24(30-23)31(19-10-6-3-7-11-19)25(29-21)27-18-8-4-2-5-9-18/h12-15,18-19H,2-11H2,1H3,(H2,26,32)(H,27,29). The van der Waals surface area contributed by atoms with E-state index < -0.39 is 5.91 Å². The summed E-state index contributed by atoms with van der Waals surface area (Å²) < 4.78 is 2.24.